The fraction of sp³-hybridized carbons (Fsp3) is 0.348. The van der Waals surface area contributed by atoms with Gasteiger partial charge in [0.05, 0.1) is 12.1 Å². The summed E-state index contributed by atoms with van der Waals surface area (Å²) in [6, 6.07) is 14.9. The van der Waals surface area contributed by atoms with Crippen molar-refractivity contribution in [2.24, 2.45) is 4.99 Å². The van der Waals surface area contributed by atoms with E-state index in [0.29, 0.717) is 0 Å². The molecule has 3 aliphatic heterocycles. The quantitative estimate of drug-likeness (QED) is 0.657. The van der Waals surface area contributed by atoms with Gasteiger partial charge in [0.15, 0.2) is 16.3 Å². The minimum Gasteiger partial charge on any atom is -0.483 e. The van der Waals surface area contributed by atoms with E-state index in [2.05, 4.69) is 61.5 Å². The van der Waals surface area contributed by atoms with Crippen molar-refractivity contribution >= 4 is 16.9 Å². The van der Waals surface area contributed by atoms with Crippen molar-refractivity contribution in [3.63, 3.8) is 0 Å². The van der Waals surface area contributed by atoms with Gasteiger partial charge in [0.2, 0.25) is 0 Å². The maximum absolute atomic E-state index is 6.78. The van der Waals surface area contributed by atoms with Crippen molar-refractivity contribution in [3.05, 3.63) is 70.6 Å². The van der Waals surface area contributed by atoms with Crippen LogP contribution in [-0.2, 0) is 12.0 Å². The lowest BCUT2D eigenvalue weighted by atomic mass is 9.74. The molecule has 0 aromatic heterocycles. The zero-order chi connectivity index (χ0) is 19.1. The van der Waals surface area contributed by atoms with E-state index >= 15 is 0 Å². The molecule has 0 fully saturated rings. The van der Waals surface area contributed by atoms with Crippen LogP contribution < -0.4 is 9.47 Å². The number of benzene rings is 2. The third kappa shape index (κ3) is 1.81. The summed E-state index contributed by atoms with van der Waals surface area (Å²) in [6.07, 6.45) is 4.66. The third-order valence-corrected chi connectivity index (χ3v) is 7.34. The first-order valence-corrected chi connectivity index (χ1v) is 11.0. The van der Waals surface area contributed by atoms with E-state index in [0.717, 1.165) is 47.4 Å². The van der Waals surface area contributed by atoms with E-state index in [1.54, 1.807) is 11.8 Å². The number of fused-ring (bicyclic) bond motifs is 3. The van der Waals surface area contributed by atoms with Crippen LogP contribution in [0.2, 0.25) is 0 Å². The van der Waals surface area contributed by atoms with Gasteiger partial charge in [0.25, 0.3) is 0 Å². The maximum Gasteiger partial charge on any atom is 0.175 e. The number of hydrogen-bond acceptors (Lipinski definition) is 5. The number of aryl methyl sites for hydroxylation is 2. The summed E-state index contributed by atoms with van der Waals surface area (Å²) in [5.74, 6) is 2.93. The highest BCUT2D eigenvalue weighted by atomic mass is 32.2. The Kier molecular flexibility index (Phi) is 3.16. The fourth-order valence-corrected chi connectivity index (χ4v) is 6.02. The predicted octanol–water partition coefficient (Wildman–Crippen LogP) is 4.63. The van der Waals surface area contributed by atoms with Gasteiger partial charge in [0.1, 0.15) is 17.3 Å². The van der Waals surface area contributed by atoms with Gasteiger partial charge in [-0.25, -0.2) is 4.99 Å². The van der Waals surface area contributed by atoms with Crippen LogP contribution in [0, 0.1) is 6.92 Å². The Bertz CT molecular complexity index is 1090. The second-order valence-electron chi connectivity index (χ2n) is 8.12. The molecular weight excluding hydrogens is 368 g/mol. The van der Waals surface area contributed by atoms with E-state index in [-0.39, 0.29) is 0 Å². The van der Waals surface area contributed by atoms with Crippen LogP contribution >= 0.6 is 11.8 Å². The number of nitrogens with zero attached hydrogens (tertiary/aromatic N) is 2. The number of thioether (sulfide) groups is 1. The van der Waals surface area contributed by atoms with Crippen LogP contribution in [0.15, 0.2) is 58.9 Å². The summed E-state index contributed by atoms with van der Waals surface area (Å²) in [5, 5.41) is 1.02. The van der Waals surface area contributed by atoms with Gasteiger partial charge in [0, 0.05) is 12.6 Å². The summed E-state index contributed by atoms with van der Waals surface area (Å²) in [5.41, 5.74) is 3.87. The molecule has 2 atom stereocenters. The van der Waals surface area contributed by atoms with Gasteiger partial charge in [-0.3, -0.25) is 0 Å². The first-order chi connectivity index (χ1) is 13.6. The molecule has 4 nitrogen and oxygen atoms in total. The molecule has 0 saturated carbocycles. The van der Waals surface area contributed by atoms with Gasteiger partial charge in [-0.15, -0.1) is 0 Å². The molecular formula is C23H22N2O2S. The number of ether oxygens (including phenoxy) is 2. The number of rotatable bonds is 0. The summed E-state index contributed by atoms with van der Waals surface area (Å²) in [7, 11) is 2.11. The van der Waals surface area contributed by atoms with Crippen LogP contribution in [-0.4, -0.2) is 29.0 Å². The van der Waals surface area contributed by atoms with E-state index in [4.69, 9.17) is 14.5 Å². The highest BCUT2D eigenvalue weighted by Gasteiger charge is 2.71. The normalized spacial score (nSPS) is 29.1. The monoisotopic (exact) mass is 390 g/mol. The van der Waals surface area contributed by atoms with E-state index in [1.807, 2.05) is 6.07 Å². The number of para-hydroxylation sites is 1. The lowest BCUT2D eigenvalue weighted by Gasteiger charge is -2.36. The van der Waals surface area contributed by atoms with Crippen molar-refractivity contribution in [2.75, 3.05) is 13.3 Å². The molecule has 2 aromatic rings. The van der Waals surface area contributed by atoms with Gasteiger partial charge < -0.3 is 14.4 Å². The standard InChI is InChI=1S/C23H22N2O2S/c1-14-8-9-18-16(12-14)23-20(25(2)21(24-23)28-3)19-13-22(23,27-18)11-10-15-6-4-5-7-17(15)26-19/h4-9,12H,10-11,13H2,1-3H3. The maximum atomic E-state index is 6.78. The lowest BCUT2D eigenvalue weighted by Crippen LogP contribution is -2.48. The van der Waals surface area contributed by atoms with Crippen LogP contribution in [0.4, 0.5) is 0 Å². The molecule has 3 heterocycles. The second kappa shape index (κ2) is 5.35. The molecule has 4 aliphatic rings. The van der Waals surface area contributed by atoms with Crippen LogP contribution in [0.5, 0.6) is 11.5 Å². The minimum atomic E-state index is -0.515. The fourth-order valence-electron chi connectivity index (χ4n) is 5.42. The van der Waals surface area contributed by atoms with Crippen molar-refractivity contribution in [1.82, 2.24) is 4.90 Å². The van der Waals surface area contributed by atoms with Crippen LogP contribution in [0.25, 0.3) is 0 Å². The summed E-state index contributed by atoms with van der Waals surface area (Å²) in [4.78, 5) is 7.57. The van der Waals surface area contributed by atoms with Crippen LogP contribution in [0.3, 0.4) is 0 Å². The summed E-state index contributed by atoms with van der Waals surface area (Å²) >= 11 is 1.68. The number of aliphatic imine (C=N–C) groups is 1. The summed E-state index contributed by atoms with van der Waals surface area (Å²) in [6.45, 7) is 2.14. The molecule has 6 rings (SSSR count). The Labute approximate surface area is 169 Å². The van der Waals surface area contributed by atoms with E-state index < -0.39 is 11.1 Å². The predicted molar refractivity (Wildman–Crippen MR) is 112 cm³/mol. The molecule has 0 radical (unpaired) electrons. The molecule has 0 amide bonds. The second-order valence-corrected chi connectivity index (χ2v) is 8.90. The van der Waals surface area contributed by atoms with Crippen molar-refractivity contribution < 1.29 is 9.47 Å². The smallest absolute Gasteiger partial charge is 0.175 e. The van der Waals surface area contributed by atoms with Crippen LogP contribution in [0.1, 0.15) is 29.5 Å². The topological polar surface area (TPSA) is 34.1 Å². The average molecular weight is 391 g/mol. The van der Waals surface area contributed by atoms with E-state index in [1.165, 1.54) is 16.7 Å². The number of amidine groups is 1. The molecule has 28 heavy (non-hydrogen) atoms. The molecule has 5 heteroatoms. The zero-order valence-corrected chi connectivity index (χ0v) is 17.1. The Balaban J connectivity index is 1.65. The Morgan fingerprint density at radius 1 is 1.14 bits per heavy atom. The molecule has 0 N–H and O–H groups in total. The Morgan fingerprint density at radius 2 is 2.00 bits per heavy atom. The average Bonchev–Trinajstić information content (AvgIpc) is 3.22. The SMILES string of the molecule is CSC1=NC23C(=C4CC2(CCc2ccccc2O4)Oc2ccc(C)cc23)N1C. The highest BCUT2D eigenvalue weighted by Crippen LogP contribution is 2.66. The van der Waals surface area contributed by atoms with Crippen molar-refractivity contribution in [3.8, 4) is 11.5 Å². The minimum absolute atomic E-state index is 0.424. The molecule has 2 spiro atoms. The first kappa shape index (κ1) is 16.5. The lowest BCUT2D eigenvalue weighted by molar-refractivity contribution is 0.0341. The molecule has 2 unspecified atom stereocenters. The Hall–Kier alpha value is -2.40. The highest BCUT2D eigenvalue weighted by molar-refractivity contribution is 8.13. The van der Waals surface area contributed by atoms with Gasteiger partial charge in [-0.2, -0.15) is 0 Å². The third-order valence-electron chi connectivity index (χ3n) is 6.61. The summed E-state index contributed by atoms with van der Waals surface area (Å²) < 4.78 is 13.3. The molecule has 1 aliphatic carbocycles. The van der Waals surface area contributed by atoms with Gasteiger partial charge in [-0.05, 0) is 49.8 Å². The van der Waals surface area contributed by atoms with E-state index in [9.17, 15) is 0 Å². The molecule has 0 saturated heterocycles. The van der Waals surface area contributed by atoms with Gasteiger partial charge >= 0.3 is 0 Å². The van der Waals surface area contributed by atoms with Crippen molar-refractivity contribution in [2.45, 2.75) is 37.3 Å². The largest absolute Gasteiger partial charge is 0.483 e. The molecule has 2 aromatic carbocycles. The van der Waals surface area contributed by atoms with Crippen molar-refractivity contribution in [1.29, 1.82) is 0 Å². The molecule has 2 bridgehead atoms. The number of hydrogen-bond donors (Lipinski definition) is 0. The Morgan fingerprint density at radius 3 is 2.86 bits per heavy atom. The first-order valence-electron chi connectivity index (χ1n) is 9.75. The number of likely N-dealkylation sites (N-methyl/N-ethyl adjacent to an activating group) is 1. The zero-order valence-electron chi connectivity index (χ0n) is 16.3. The molecule has 142 valence electrons. The van der Waals surface area contributed by atoms with Gasteiger partial charge in [-0.1, -0.05) is 41.6 Å².